The normalized spacial score (nSPS) is 25.3. The van der Waals surface area contributed by atoms with E-state index in [0.717, 1.165) is 19.3 Å². The minimum atomic E-state index is -0.294. The van der Waals surface area contributed by atoms with Crippen LogP contribution in [0.2, 0.25) is 0 Å². The Morgan fingerprint density at radius 3 is 2.81 bits per heavy atom. The molecule has 2 atom stereocenters. The van der Waals surface area contributed by atoms with Gasteiger partial charge in [-0.15, -0.1) is 0 Å². The predicted octanol–water partition coefficient (Wildman–Crippen LogP) is 0.960. The molecule has 0 aromatic carbocycles. The molecule has 6 nitrogen and oxygen atoms in total. The molecule has 3 N–H and O–H groups in total. The SMILES string of the molecule is CC1CCCCC1NC(=O)c1nonc1N. The summed E-state index contributed by atoms with van der Waals surface area (Å²) in [6.45, 7) is 2.15. The second kappa shape index (κ2) is 4.51. The van der Waals surface area contributed by atoms with Gasteiger partial charge in [-0.3, -0.25) is 4.79 Å². The molecule has 16 heavy (non-hydrogen) atoms. The maximum Gasteiger partial charge on any atom is 0.277 e. The van der Waals surface area contributed by atoms with E-state index in [2.05, 4.69) is 27.2 Å². The van der Waals surface area contributed by atoms with E-state index in [1.807, 2.05) is 0 Å². The molecule has 0 aliphatic heterocycles. The van der Waals surface area contributed by atoms with Gasteiger partial charge in [0.1, 0.15) is 0 Å². The Hall–Kier alpha value is -1.59. The number of nitrogens with zero attached hydrogens (tertiary/aromatic N) is 2. The number of hydrogen-bond donors (Lipinski definition) is 2. The molecule has 1 aromatic heterocycles. The molecule has 1 heterocycles. The molecule has 0 saturated heterocycles. The van der Waals surface area contributed by atoms with E-state index in [1.54, 1.807) is 0 Å². The van der Waals surface area contributed by atoms with Crippen molar-refractivity contribution in [3.05, 3.63) is 5.69 Å². The van der Waals surface area contributed by atoms with Gasteiger partial charge in [0.2, 0.25) is 11.5 Å². The summed E-state index contributed by atoms with van der Waals surface area (Å²) in [5, 5.41) is 9.79. The molecule has 1 aromatic rings. The molecule has 0 bridgehead atoms. The third-order valence-electron chi connectivity index (χ3n) is 3.16. The van der Waals surface area contributed by atoms with E-state index in [-0.39, 0.29) is 23.5 Å². The van der Waals surface area contributed by atoms with Crippen LogP contribution in [-0.4, -0.2) is 22.3 Å². The molecule has 6 heteroatoms. The Balaban J connectivity index is 1.99. The van der Waals surface area contributed by atoms with Gasteiger partial charge >= 0.3 is 0 Å². The van der Waals surface area contributed by atoms with Crippen LogP contribution in [0.4, 0.5) is 5.82 Å². The third-order valence-corrected chi connectivity index (χ3v) is 3.16. The largest absolute Gasteiger partial charge is 0.379 e. The molecule has 1 amide bonds. The molecule has 0 radical (unpaired) electrons. The fourth-order valence-electron chi connectivity index (χ4n) is 2.12. The van der Waals surface area contributed by atoms with Crippen LogP contribution in [0.1, 0.15) is 43.1 Å². The van der Waals surface area contributed by atoms with Crippen LogP contribution in [0.15, 0.2) is 4.63 Å². The zero-order valence-corrected chi connectivity index (χ0v) is 9.27. The number of aromatic nitrogens is 2. The van der Waals surface area contributed by atoms with E-state index in [0.29, 0.717) is 5.92 Å². The molecule has 1 aliphatic rings. The summed E-state index contributed by atoms with van der Waals surface area (Å²) in [6.07, 6.45) is 4.55. The first-order valence-electron chi connectivity index (χ1n) is 5.57. The van der Waals surface area contributed by atoms with Gasteiger partial charge in [0.25, 0.3) is 5.91 Å². The van der Waals surface area contributed by atoms with Crippen molar-refractivity contribution in [1.29, 1.82) is 0 Å². The Bertz CT molecular complexity index is 377. The summed E-state index contributed by atoms with van der Waals surface area (Å²) < 4.78 is 4.40. The van der Waals surface area contributed by atoms with E-state index in [4.69, 9.17) is 5.73 Å². The molecule has 2 unspecified atom stereocenters. The summed E-state index contributed by atoms with van der Waals surface area (Å²) in [5.41, 5.74) is 5.53. The number of carbonyl (C=O) groups excluding carboxylic acids is 1. The van der Waals surface area contributed by atoms with Crippen molar-refractivity contribution in [1.82, 2.24) is 15.6 Å². The number of nitrogens with two attached hydrogens (primary N) is 1. The van der Waals surface area contributed by atoms with Crippen molar-refractivity contribution in [3.63, 3.8) is 0 Å². The Labute approximate surface area is 93.5 Å². The standard InChI is InChI=1S/C10H16N4O2/c1-6-4-2-3-5-7(6)12-10(15)8-9(11)14-16-13-8/h6-7H,2-5H2,1H3,(H2,11,14)(H,12,15). The van der Waals surface area contributed by atoms with Crippen molar-refractivity contribution in [2.45, 2.75) is 38.6 Å². The zero-order chi connectivity index (χ0) is 11.5. The average molecular weight is 224 g/mol. The highest BCUT2D eigenvalue weighted by molar-refractivity contribution is 5.96. The summed E-state index contributed by atoms with van der Waals surface area (Å²) in [6, 6.07) is 0.206. The molecular weight excluding hydrogens is 208 g/mol. The number of rotatable bonds is 2. The van der Waals surface area contributed by atoms with Crippen molar-refractivity contribution in [2.75, 3.05) is 5.73 Å². The maximum atomic E-state index is 11.8. The highest BCUT2D eigenvalue weighted by Crippen LogP contribution is 2.24. The molecule has 0 spiro atoms. The molecular formula is C10H16N4O2. The fourth-order valence-corrected chi connectivity index (χ4v) is 2.12. The quantitative estimate of drug-likeness (QED) is 0.780. The van der Waals surface area contributed by atoms with Crippen molar-refractivity contribution < 1.29 is 9.42 Å². The molecule has 1 saturated carbocycles. The smallest absolute Gasteiger partial charge is 0.277 e. The monoisotopic (exact) mass is 224 g/mol. The predicted molar refractivity (Wildman–Crippen MR) is 57.6 cm³/mol. The lowest BCUT2D eigenvalue weighted by Gasteiger charge is -2.29. The molecule has 1 aliphatic carbocycles. The second-order valence-corrected chi connectivity index (χ2v) is 4.34. The number of hydrogen-bond acceptors (Lipinski definition) is 5. The summed E-state index contributed by atoms with van der Waals surface area (Å²) >= 11 is 0. The lowest BCUT2D eigenvalue weighted by Crippen LogP contribution is -2.41. The second-order valence-electron chi connectivity index (χ2n) is 4.34. The van der Waals surface area contributed by atoms with E-state index < -0.39 is 0 Å². The lowest BCUT2D eigenvalue weighted by atomic mass is 9.86. The van der Waals surface area contributed by atoms with Crippen LogP contribution in [0.3, 0.4) is 0 Å². The van der Waals surface area contributed by atoms with Gasteiger partial charge < -0.3 is 11.1 Å². The summed E-state index contributed by atoms with van der Waals surface area (Å²) in [4.78, 5) is 11.8. The Kier molecular flexibility index (Phi) is 3.07. The minimum absolute atomic E-state index is 0.0426. The van der Waals surface area contributed by atoms with Crippen LogP contribution in [0.25, 0.3) is 0 Å². The fraction of sp³-hybridized carbons (Fsp3) is 0.700. The van der Waals surface area contributed by atoms with Crippen LogP contribution in [0.5, 0.6) is 0 Å². The number of nitrogens with one attached hydrogen (secondary N) is 1. The van der Waals surface area contributed by atoms with Gasteiger partial charge in [0.15, 0.2) is 0 Å². The average Bonchev–Trinajstić information content (AvgIpc) is 2.68. The highest BCUT2D eigenvalue weighted by Gasteiger charge is 2.25. The number of carbonyl (C=O) groups is 1. The third kappa shape index (κ3) is 2.15. The van der Waals surface area contributed by atoms with Crippen LogP contribution in [0, 0.1) is 5.92 Å². The maximum absolute atomic E-state index is 11.8. The lowest BCUT2D eigenvalue weighted by molar-refractivity contribution is 0.0901. The van der Waals surface area contributed by atoms with Crippen molar-refractivity contribution in [3.8, 4) is 0 Å². The van der Waals surface area contributed by atoms with Crippen LogP contribution < -0.4 is 11.1 Å². The minimum Gasteiger partial charge on any atom is -0.379 e. The van der Waals surface area contributed by atoms with Crippen molar-refractivity contribution >= 4 is 11.7 Å². The van der Waals surface area contributed by atoms with E-state index in [9.17, 15) is 4.79 Å². The van der Waals surface area contributed by atoms with Gasteiger partial charge in [0, 0.05) is 6.04 Å². The van der Waals surface area contributed by atoms with E-state index in [1.165, 1.54) is 6.42 Å². The van der Waals surface area contributed by atoms with Crippen LogP contribution >= 0.6 is 0 Å². The van der Waals surface area contributed by atoms with Crippen molar-refractivity contribution in [2.24, 2.45) is 5.92 Å². The van der Waals surface area contributed by atoms with Gasteiger partial charge in [0.05, 0.1) is 0 Å². The Morgan fingerprint density at radius 1 is 1.44 bits per heavy atom. The highest BCUT2D eigenvalue weighted by atomic mass is 16.6. The molecule has 88 valence electrons. The number of amides is 1. The first kappa shape index (κ1) is 10.9. The number of nitrogen functional groups attached to an aromatic ring is 1. The zero-order valence-electron chi connectivity index (χ0n) is 9.27. The first-order chi connectivity index (χ1) is 7.68. The first-order valence-corrected chi connectivity index (χ1v) is 5.57. The van der Waals surface area contributed by atoms with Crippen LogP contribution in [-0.2, 0) is 0 Å². The topological polar surface area (TPSA) is 94.0 Å². The van der Waals surface area contributed by atoms with Gasteiger partial charge in [-0.05, 0) is 29.1 Å². The summed E-state index contributed by atoms with van der Waals surface area (Å²) in [7, 11) is 0. The molecule has 2 rings (SSSR count). The van der Waals surface area contributed by atoms with Gasteiger partial charge in [-0.1, -0.05) is 19.8 Å². The molecule has 1 fully saturated rings. The Morgan fingerprint density at radius 2 is 2.19 bits per heavy atom. The van der Waals surface area contributed by atoms with Gasteiger partial charge in [-0.2, -0.15) is 0 Å². The number of anilines is 1. The summed E-state index contributed by atoms with van der Waals surface area (Å²) in [5.74, 6) is 0.247. The van der Waals surface area contributed by atoms with Gasteiger partial charge in [-0.25, -0.2) is 4.63 Å². The van der Waals surface area contributed by atoms with E-state index >= 15 is 0 Å².